The van der Waals surface area contributed by atoms with Crippen LogP contribution in [0.1, 0.15) is 25.3 Å². The van der Waals surface area contributed by atoms with E-state index in [2.05, 4.69) is 0 Å². The van der Waals surface area contributed by atoms with Crippen molar-refractivity contribution < 1.29 is 17.9 Å². The number of hydrogen-bond acceptors (Lipinski definition) is 4. The summed E-state index contributed by atoms with van der Waals surface area (Å²) in [5, 5.41) is 0.980. The molecular weight excluding hydrogens is 290 g/mol. The quantitative estimate of drug-likeness (QED) is 0.835. The molecule has 114 valence electrons. The lowest BCUT2D eigenvalue weighted by Gasteiger charge is -2.12. The van der Waals surface area contributed by atoms with Crippen molar-refractivity contribution in [3.63, 3.8) is 0 Å². The van der Waals surface area contributed by atoms with Crippen LogP contribution in [0.4, 0.5) is 0 Å². The van der Waals surface area contributed by atoms with E-state index in [0.29, 0.717) is 12.5 Å². The second-order valence-corrected chi connectivity index (χ2v) is 6.71. The molecule has 0 aliphatic heterocycles. The molecule has 0 heterocycles. The lowest BCUT2D eigenvalue weighted by Crippen LogP contribution is -2.37. The zero-order valence-corrected chi connectivity index (χ0v) is 12.7. The average Bonchev–Trinajstić information content (AvgIpc) is 3.27. The zero-order valence-electron chi connectivity index (χ0n) is 11.9. The molecule has 0 unspecified atom stereocenters. The topological polar surface area (TPSA) is 72.5 Å². The predicted molar refractivity (Wildman–Crippen MR) is 80.7 cm³/mol. The third-order valence-electron chi connectivity index (χ3n) is 3.13. The number of benzene rings is 1. The summed E-state index contributed by atoms with van der Waals surface area (Å²) < 4.78 is 30.9. The third kappa shape index (κ3) is 5.69. The minimum absolute atomic E-state index is 0.508. The van der Waals surface area contributed by atoms with Gasteiger partial charge in [-0.3, -0.25) is 4.79 Å². The fourth-order valence-corrected chi connectivity index (χ4v) is 2.48. The van der Waals surface area contributed by atoms with Gasteiger partial charge in [-0.25, -0.2) is 13.1 Å². The highest BCUT2D eigenvalue weighted by molar-refractivity contribution is 7.93. The first-order valence-electron chi connectivity index (χ1n) is 6.88. The molecule has 1 fully saturated rings. The number of hydrogen-bond donors (Lipinski definition) is 1. The van der Waals surface area contributed by atoms with E-state index < -0.39 is 22.0 Å². The second kappa shape index (κ2) is 6.87. The average molecular weight is 309 g/mol. The van der Waals surface area contributed by atoms with Crippen molar-refractivity contribution in [2.45, 2.75) is 25.9 Å². The van der Waals surface area contributed by atoms with Gasteiger partial charge in [-0.1, -0.05) is 30.3 Å². The Kier molecular flexibility index (Phi) is 5.14. The SMILES string of the molecule is C[C@@H](OCC1CC1)C(=O)NS(=O)(=O)/C=C/c1ccccc1. The van der Waals surface area contributed by atoms with Crippen LogP contribution in [0.2, 0.25) is 0 Å². The summed E-state index contributed by atoms with van der Waals surface area (Å²) in [6.45, 7) is 2.06. The molecule has 21 heavy (non-hydrogen) atoms. The maximum atomic E-state index is 11.8. The van der Waals surface area contributed by atoms with Gasteiger partial charge in [-0.2, -0.15) is 0 Å². The van der Waals surface area contributed by atoms with Crippen molar-refractivity contribution in [2.24, 2.45) is 5.92 Å². The van der Waals surface area contributed by atoms with Crippen LogP contribution < -0.4 is 4.72 Å². The first-order valence-corrected chi connectivity index (χ1v) is 8.42. The molecule has 1 saturated carbocycles. The Morgan fingerprint density at radius 2 is 2.05 bits per heavy atom. The monoisotopic (exact) mass is 309 g/mol. The van der Waals surface area contributed by atoms with Crippen molar-refractivity contribution in [2.75, 3.05) is 6.61 Å². The molecule has 1 aromatic rings. The number of sulfonamides is 1. The number of nitrogens with one attached hydrogen (secondary N) is 1. The van der Waals surface area contributed by atoms with E-state index >= 15 is 0 Å². The Morgan fingerprint density at radius 3 is 2.67 bits per heavy atom. The van der Waals surface area contributed by atoms with Crippen LogP contribution in [0.15, 0.2) is 35.7 Å². The molecule has 1 aliphatic rings. The van der Waals surface area contributed by atoms with Crippen LogP contribution in [-0.2, 0) is 19.6 Å². The Bertz CT molecular complexity index is 606. The minimum Gasteiger partial charge on any atom is -0.368 e. The second-order valence-electron chi connectivity index (χ2n) is 5.14. The predicted octanol–water partition coefficient (Wildman–Crippen LogP) is 1.92. The molecular formula is C15H19NO4S. The van der Waals surface area contributed by atoms with Crippen LogP contribution in [0, 0.1) is 5.92 Å². The van der Waals surface area contributed by atoms with Crippen LogP contribution in [0.3, 0.4) is 0 Å². The van der Waals surface area contributed by atoms with E-state index in [4.69, 9.17) is 4.74 Å². The molecule has 0 radical (unpaired) electrons. The van der Waals surface area contributed by atoms with Gasteiger partial charge in [0.25, 0.3) is 15.9 Å². The molecule has 2 rings (SSSR count). The van der Waals surface area contributed by atoms with E-state index in [1.54, 1.807) is 31.2 Å². The standard InChI is InChI=1S/C15H19NO4S/c1-12(20-11-14-7-8-14)15(17)16-21(18,19)10-9-13-5-3-2-4-6-13/h2-6,9-10,12,14H,7-8,11H2,1H3,(H,16,17)/b10-9+/t12-/m1/s1. The molecule has 5 nitrogen and oxygen atoms in total. The summed E-state index contributed by atoms with van der Waals surface area (Å²) >= 11 is 0. The maximum absolute atomic E-state index is 11.8. The molecule has 0 spiro atoms. The molecule has 1 aromatic carbocycles. The van der Waals surface area contributed by atoms with E-state index in [0.717, 1.165) is 23.8 Å². The fraction of sp³-hybridized carbons (Fsp3) is 0.400. The Labute approximate surface area is 125 Å². The van der Waals surface area contributed by atoms with E-state index in [1.807, 2.05) is 10.8 Å². The van der Waals surface area contributed by atoms with Gasteiger partial charge in [0.05, 0.1) is 12.0 Å². The van der Waals surface area contributed by atoms with Crippen LogP contribution in [0.5, 0.6) is 0 Å². The summed E-state index contributed by atoms with van der Waals surface area (Å²) in [7, 11) is -3.81. The van der Waals surface area contributed by atoms with Crippen molar-refractivity contribution in [3.05, 3.63) is 41.3 Å². The fourth-order valence-electron chi connectivity index (χ4n) is 1.63. The van der Waals surface area contributed by atoms with Gasteiger partial charge < -0.3 is 4.74 Å². The van der Waals surface area contributed by atoms with E-state index in [-0.39, 0.29) is 0 Å². The maximum Gasteiger partial charge on any atom is 0.262 e. The lowest BCUT2D eigenvalue weighted by molar-refractivity contribution is -0.130. The highest BCUT2D eigenvalue weighted by atomic mass is 32.2. The molecule has 6 heteroatoms. The van der Waals surface area contributed by atoms with Crippen molar-refractivity contribution >= 4 is 22.0 Å². The van der Waals surface area contributed by atoms with Gasteiger partial charge in [0.2, 0.25) is 0 Å². The molecule has 0 saturated heterocycles. The number of carbonyl (C=O) groups excluding carboxylic acids is 1. The summed E-state index contributed by atoms with van der Waals surface area (Å²) in [5.74, 6) is -0.122. The van der Waals surface area contributed by atoms with Gasteiger partial charge in [-0.15, -0.1) is 0 Å². The third-order valence-corrected chi connectivity index (χ3v) is 4.11. The van der Waals surface area contributed by atoms with Gasteiger partial charge >= 0.3 is 0 Å². The Hall–Kier alpha value is -1.66. The molecule has 1 atom stereocenters. The van der Waals surface area contributed by atoms with Gasteiger partial charge in [0.15, 0.2) is 0 Å². The van der Waals surface area contributed by atoms with Crippen molar-refractivity contribution in [1.82, 2.24) is 4.72 Å². The number of amides is 1. The van der Waals surface area contributed by atoms with Crippen LogP contribution in [-0.4, -0.2) is 27.0 Å². The first-order chi connectivity index (χ1) is 9.96. The number of carbonyl (C=O) groups is 1. The Morgan fingerprint density at radius 1 is 1.38 bits per heavy atom. The molecule has 0 aromatic heterocycles. The normalized spacial score (nSPS) is 16.8. The van der Waals surface area contributed by atoms with Crippen molar-refractivity contribution in [3.8, 4) is 0 Å². The molecule has 1 amide bonds. The van der Waals surface area contributed by atoms with Gasteiger partial charge in [0, 0.05) is 0 Å². The summed E-state index contributed by atoms with van der Waals surface area (Å²) in [5.41, 5.74) is 0.744. The lowest BCUT2D eigenvalue weighted by atomic mass is 10.2. The molecule has 1 aliphatic carbocycles. The number of rotatable bonds is 7. The molecule has 0 bridgehead atoms. The van der Waals surface area contributed by atoms with Gasteiger partial charge in [-0.05, 0) is 37.3 Å². The highest BCUT2D eigenvalue weighted by Crippen LogP contribution is 2.29. The summed E-state index contributed by atoms with van der Waals surface area (Å²) in [6, 6.07) is 8.99. The largest absolute Gasteiger partial charge is 0.368 e. The van der Waals surface area contributed by atoms with Crippen LogP contribution >= 0.6 is 0 Å². The molecule has 1 N–H and O–H groups in total. The Balaban J connectivity index is 1.87. The minimum atomic E-state index is -3.81. The smallest absolute Gasteiger partial charge is 0.262 e. The first kappa shape index (κ1) is 15.7. The van der Waals surface area contributed by atoms with Crippen molar-refractivity contribution in [1.29, 1.82) is 0 Å². The number of ether oxygens (including phenoxy) is 1. The van der Waals surface area contributed by atoms with Crippen LogP contribution in [0.25, 0.3) is 6.08 Å². The highest BCUT2D eigenvalue weighted by Gasteiger charge is 2.25. The van der Waals surface area contributed by atoms with Gasteiger partial charge in [0.1, 0.15) is 6.10 Å². The van der Waals surface area contributed by atoms with E-state index in [1.165, 1.54) is 6.08 Å². The summed E-state index contributed by atoms with van der Waals surface area (Å²) in [4.78, 5) is 11.8. The zero-order chi connectivity index (χ0) is 15.3. The van der Waals surface area contributed by atoms with E-state index in [9.17, 15) is 13.2 Å². The summed E-state index contributed by atoms with van der Waals surface area (Å²) in [6.07, 6.45) is 2.90.